The maximum absolute atomic E-state index is 10.9. The van der Waals surface area contributed by atoms with E-state index < -0.39 is 4.92 Å². The van der Waals surface area contributed by atoms with E-state index in [0.29, 0.717) is 5.02 Å². The number of amidine groups is 1. The van der Waals surface area contributed by atoms with Crippen LogP contribution in [0.4, 0.5) is 5.69 Å². The molecular weight excluding hydrogens is 284 g/mol. The summed E-state index contributed by atoms with van der Waals surface area (Å²) in [6, 6.07) is 8.56. The Kier molecular flexibility index (Phi) is 3.81. The average Bonchev–Trinajstić information content (AvgIpc) is 2.38. The van der Waals surface area contributed by atoms with Crippen LogP contribution in [-0.4, -0.2) is 15.7 Å². The minimum atomic E-state index is -0.583. The lowest BCUT2D eigenvalue weighted by Crippen LogP contribution is -2.13. The van der Waals surface area contributed by atoms with E-state index in [0.717, 1.165) is 0 Å². The van der Waals surface area contributed by atoms with Gasteiger partial charge in [0.2, 0.25) is 11.6 Å². The van der Waals surface area contributed by atoms with E-state index in [9.17, 15) is 10.1 Å². The summed E-state index contributed by atoms with van der Waals surface area (Å²) in [7, 11) is 0. The molecule has 0 bridgehead atoms. The minimum Gasteiger partial charge on any atom is -0.432 e. The van der Waals surface area contributed by atoms with Crippen molar-refractivity contribution in [2.45, 2.75) is 0 Å². The SMILES string of the molecule is N=C(N)c1cccc(Oc2cc(Cl)ccc2[N+](=O)[O-])n1. The number of nitrogen functional groups attached to an aromatic ring is 1. The number of rotatable bonds is 4. The molecule has 20 heavy (non-hydrogen) atoms. The summed E-state index contributed by atoms with van der Waals surface area (Å²) in [5, 5.41) is 18.5. The first-order valence-corrected chi connectivity index (χ1v) is 5.78. The van der Waals surface area contributed by atoms with Crippen LogP contribution in [0.5, 0.6) is 11.6 Å². The van der Waals surface area contributed by atoms with Crippen LogP contribution in [0.25, 0.3) is 0 Å². The van der Waals surface area contributed by atoms with Crippen molar-refractivity contribution >= 4 is 23.1 Å². The van der Waals surface area contributed by atoms with E-state index in [4.69, 9.17) is 27.5 Å². The Bertz CT molecular complexity index is 690. The Morgan fingerprint density at radius 3 is 2.80 bits per heavy atom. The van der Waals surface area contributed by atoms with E-state index in [1.807, 2.05) is 0 Å². The van der Waals surface area contributed by atoms with Crippen molar-refractivity contribution in [3.63, 3.8) is 0 Å². The zero-order valence-electron chi connectivity index (χ0n) is 10.0. The van der Waals surface area contributed by atoms with Crippen LogP contribution in [0.2, 0.25) is 5.02 Å². The summed E-state index contributed by atoms with van der Waals surface area (Å²) in [5.74, 6) is -0.171. The van der Waals surface area contributed by atoms with Gasteiger partial charge in [-0.05, 0) is 12.1 Å². The number of nitro benzene ring substituents is 1. The minimum absolute atomic E-state index is 0.0318. The van der Waals surface area contributed by atoms with E-state index in [-0.39, 0.29) is 28.8 Å². The van der Waals surface area contributed by atoms with Crippen LogP contribution < -0.4 is 10.5 Å². The zero-order valence-corrected chi connectivity index (χ0v) is 10.8. The van der Waals surface area contributed by atoms with Crippen LogP contribution in [0.3, 0.4) is 0 Å². The van der Waals surface area contributed by atoms with E-state index in [1.165, 1.54) is 30.3 Å². The molecule has 0 saturated carbocycles. The maximum atomic E-state index is 10.9. The van der Waals surface area contributed by atoms with Gasteiger partial charge in [-0.25, -0.2) is 4.98 Å². The zero-order chi connectivity index (χ0) is 14.7. The summed E-state index contributed by atoms with van der Waals surface area (Å²) in [6.07, 6.45) is 0. The highest BCUT2D eigenvalue weighted by atomic mass is 35.5. The number of aromatic nitrogens is 1. The first-order valence-electron chi connectivity index (χ1n) is 5.40. The van der Waals surface area contributed by atoms with E-state index in [2.05, 4.69) is 4.98 Å². The second-order valence-corrected chi connectivity index (χ2v) is 4.18. The lowest BCUT2D eigenvalue weighted by atomic mass is 10.3. The number of hydrogen-bond donors (Lipinski definition) is 2. The van der Waals surface area contributed by atoms with Gasteiger partial charge in [0.15, 0.2) is 0 Å². The van der Waals surface area contributed by atoms with Crippen molar-refractivity contribution in [1.82, 2.24) is 4.98 Å². The first-order chi connectivity index (χ1) is 9.47. The third kappa shape index (κ3) is 3.01. The summed E-state index contributed by atoms with van der Waals surface area (Å²) in [5.41, 5.74) is 5.30. The highest BCUT2D eigenvalue weighted by Crippen LogP contribution is 2.32. The fourth-order valence-corrected chi connectivity index (χ4v) is 1.62. The molecule has 0 aliphatic rings. The average molecular weight is 293 g/mol. The Balaban J connectivity index is 2.39. The van der Waals surface area contributed by atoms with Gasteiger partial charge in [0.25, 0.3) is 0 Å². The van der Waals surface area contributed by atoms with Gasteiger partial charge in [-0.2, -0.15) is 0 Å². The molecule has 0 amide bonds. The highest BCUT2D eigenvalue weighted by Gasteiger charge is 2.16. The number of benzene rings is 1. The standard InChI is InChI=1S/C12H9ClN4O3/c13-7-4-5-9(17(18)19)10(6-7)20-11-3-1-2-8(16-11)12(14)15/h1-6H,(H3,14,15). The van der Waals surface area contributed by atoms with Crippen LogP contribution >= 0.6 is 11.6 Å². The number of nitro groups is 1. The van der Waals surface area contributed by atoms with E-state index >= 15 is 0 Å². The Hall–Kier alpha value is -2.67. The normalized spacial score (nSPS) is 10.1. The Morgan fingerprint density at radius 2 is 2.15 bits per heavy atom. The molecule has 1 aromatic heterocycles. The number of hydrogen-bond acceptors (Lipinski definition) is 5. The number of pyridine rings is 1. The second kappa shape index (κ2) is 5.54. The summed E-state index contributed by atoms with van der Waals surface area (Å²) >= 11 is 5.79. The molecule has 102 valence electrons. The topological polar surface area (TPSA) is 115 Å². The lowest BCUT2D eigenvalue weighted by molar-refractivity contribution is -0.385. The summed E-state index contributed by atoms with van der Waals surface area (Å²) in [4.78, 5) is 14.3. The van der Waals surface area contributed by atoms with Crippen molar-refractivity contribution in [1.29, 1.82) is 5.41 Å². The third-order valence-corrected chi connectivity index (χ3v) is 2.57. The van der Waals surface area contributed by atoms with Gasteiger partial charge in [0.05, 0.1) is 4.92 Å². The molecule has 0 unspecified atom stereocenters. The monoisotopic (exact) mass is 292 g/mol. The van der Waals surface area contributed by atoms with Crippen LogP contribution in [0.15, 0.2) is 36.4 Å². The fourth-order valence-electron chi connectivity index (χ4n) is 1.45. The molecule has 0 saturated heterocycles. The van der Waals surface area contributed by atoms with Gasteiger partial charge in [0, 0.05) is 23.2 Å². The molecule has 0 spiro atoms. The first kappa shape index (κ1) is 13.8. The van der Waals surface area contributed by atoms with Crippen molar-refractivity contribution < 1.29 is 9.66 Å². The lowest BCUT2D eigenvalue weighted by Gasteiger charge is -2.07. The molecule has 2 aromatic rings. The molecule has 8 heteroatoms. The molecule has 7 nitrogen and oxygen atoms in total. The Labute approximate surface area is 118 Å². The molecule has 0 aliphatic carbocycles. The van der Waals surface area contributed by atoms with Gasteiger partial charge >= 0.3 is 5.69 Å². The number of ether oxygens (including phenoxy) is 1. The molecule has 2 rings (SSSR count). The predicted molar refractivity (Wildman–Crippen MR) is 73.4 cm³/mol. The molecule has 0 fully saturated rings. The smallest absolute Gasteiger partial charge is 0.311 e. The van der Waals surface area contributed by atoms with Crippen molar-refractivity contribution in [2.24, 2.45) is 5.73 Å². The Morgan fingerprint density at radius 1 is 1.40 bits per heavy atom. The quantitative estimate of drug-likeness (QED) is 0.389. The maximum Gasteiger partial charge on any atom is 0.311 e. The van der Waals surface area contributed by atoms with Crippen LogP contribution in [0, 0.1) is 15.5 Å². The molecule has 0 aliphatic heterocycles. The van der Waals surface area contributed by atoms with Crippen LogP contribution in [-0.2, 0) is 0 Å². The molecular formula is C12H9ClN4O3. The van der Waals surface area contributed by atoms with Crippen molar-refractivity contribution in [3.05, 3.63) is 57.2 Å². The van der Waals surface area contributed by atoms with E-state index in [1.54, 1.807) is 6.07 Å². The fraction of sp³-hybridized carbons (Fsp3) is 0. The second-order valence-electron chi connectivity index (χ2n) is 3.75. The van der Waals surface area contributed by atoms with Gasteiger partial charge in [-0.3, -0.25) is 15.5 Å². The number of nitrogens with two attached hydrogens (primary N) is 1. The predicted octanol–water partition coefficient (Wildman–Crippen LogP) is 2.72. The molecule has 3 N–H and O–H groups in total. The number of nitrogens with zero attached hydrogens (tertiary/aromatic N) is 2. The summed E-state index contributed by atoms with van der Waals surface area (Å²) < 4.78 is 5.35. The summed E-state index contributed by atoms with van der Waals surface area (Å²) in [6.45, 7) is 0. The molecule has 1 aromatic carbocycles. The molecule has 0 radical (unpaired) electrons. The van der Waals surface area contributed by atoms with Gasteiger partial charge in [-0.15, -0.1) is 0 Å². The third-order valence-electron chi connectivity index (χ3n) is 2.33. The van der Waals surface area contributed by atoms with Crippen molar-refractivity contribution in [3.8, 4) is 11.6 Å². The van der Waals surface area contributed by atoms with Gasteiger partial charge < -0.3 is 10.5 Å². The largest absolute Gasteiger partial charge is 0.432 e. The molecule has 1 heterocycles. The molecule has 0 atom stereocenters. The number of halogens is 1. The van der Waals surface area contributed by atoms with Gasteiger partial charge in [0.1, 0.15) is 11.5 Å². The number of nitrogens with one attached hydrogen (secondary N) is 1. The van der Waals surface area contributed by atoms with Crippen molar-refractivity contribution in [2.75, 3.05) is 0 Å². The van der Waals surface area contributed by atoms with Gasteiger partial charge in [-0.1, -0.05) is 17.7 Å². The highest BCUT2D eigenvalue weighted by molar-refractivity contribution is 6.30. The van der Waals surface area contributed by atoms with Crippen LogP contribution in [0.1, 0.15) is 5.69 Å².